The van der Waals surface area contributed by atoms with Crippen molar-refractivity contribution < 1.29 is 63.1 Å². The molecule has 0 unspecified atom stereocenters. The second kappa shape index (κ2) is 13.7. The van der Waals surface area contributed by atoms with Gasteiger partial charge in [-0.25, -0.2) is 0 Å². The molecule has 0 saturated carbocycles. The fourth-order valence-electron chi connectivity index (χ4n) is 6.94. The van der Waals surface area contributed by atoms with Crippen LogP contribution in [-0.4, -0.2) is 0 Å². The van der Waals surface area contributed by atoms with Crippen LogP contribution in [0.2, 0.25) is 0 Å². The molecule has 0 atom stereocenters. The molecular formula is C58H46N2. The third kappa shape index (κ3) is 5.55. The molecule has 9 aromatic rings. The number of fused-ring (bicyclic) bond motifs is 6. The summed E-state index contributed by atoms with van der Waals surface area (Å²) in [5.41, 5.74) is -32.7. The lowest BCUT2D eigenvalue weighted by molar-refractivity contribution is 0.632. The number of benzene rings is 9. The first kappa shape index (κ1) is 12.0. The molecule has 11 rings (SSSR count). The Kier molecular flexibility index (Phi) is 2.74. The highest BCUT2D eigenvalue weighted by Crippen LogP contribution is 2.58. The van der Waals surface area contributed by atoms with E-state index in [1.807, 2.05) is 0 Å². The van der Waals surface area contributed by atoms with Gasteiger partial charge in [0, 0.05) is 44.0 Å². The van der Waals surface area contributed by atoms with Gasteiger partial charge in [0.1, 0.15) is 0 Å². The summed E-state index contributed by atoms with van der Waals surface area (Å²) < 4.78 is 431. The van der Waals surface area contributed by atoms with Crippen LogP contribution >= 0.6 is 0 Å². The van der Waals surface area contributed by atoms with E-state index in [-0.39, 0.29) is 9.80 Å². The van der Waals surface area contributed by atoms with E-state index < -0.39 is 344 Å². The highest BCUT2D eigenvalue weighted by atomic mass is 15.2. The van der Waals surface area contributed by atoms with Crippen LogP contribution in [0.1, 0.15) is 113 Å². The van der Waals surface area contributed by atoms with E-state index in [9.17, 15) is 43.9 Å². The van der Waals surface area contributed by atoms with E-state index >= 15 is 0 Å². The molecule has 0 saturated heterocycles. The molecule has 1 heterocycles. The number of hydrogen-bond acceptors (Lipinski definition) is 2. The molecule has 0 N–H and O–H groups in total. The molecule has 0 radical (unpaired) electrons. The fourth-order valence-corrected chi connectivity index (χ4v) is 6.94. The molecule has 0 spiro atoms. The summed E-state index contributed by atoms with van der Waals surface area (Å²) in [4.78, 5) is -0.0523. The Morgan fingerprint density at radius 2 is 0.983 bits per heavy atom. The molecule has 288 valence electrons. The van der Waals surface area contributed by atoms with Crippen molar-refractivity contribution in [2.24, 2.45) is 0 Å². The third-order valence-corrected chi connectivity index (χ3v) is 9.61. The summed E-state index contributed by atoms with van der Waals surface area (Å²) in [5, 5.41) is -2.72. The minimum atomic E-state index is -4.45. The molecule has 2 aliphatic rings. The van der Waals surface area contributed by atoms with E-state index in [1.165, 1.54) is 0 Å². The molecule has 1 aliphatic carbocycles. The lowest BCUT2D eigenvalue weighted by Crippen LogP contribution is -2.31. The van der Waals surface area contributed by atoms with Crippen LogP contribution in [0, 0.1) is 0 Å². The van der Waals surface area contributed by atoms with Gasteiger partial charge in [0.2, 0.25) is 0 Å². The van der Waals surface area contributed by atoms with Crippen LogP contribution in [0.25, 0.3) is 44.2 Å². The monoisotopic (exact) mass is 817 g/mol. The maximum absolute atomic E-state index is 10.5. The highest BCUT2D eigenvalue weighted by molar-refractivity contribution is 6.09. The number of nitrogens with zero attached hydrogens (tertiary/aromatic N) is 2. The summed E-state index contributed by atoms with van der Waals surface area (Å²) in [6.07, 6.45) is 0. The number of rotatable bonds is 6. The first-order valence-corrected chi connectivity index (χ1v) is 17.3. The Hall–Kier alpha value is -7.16. The molecule has 0 bridgehead atoms. The topological polar surface area (TPSA) is 6.48 Å². The van der Waals surface area contributed by atoms with E-state index in [0.29, 0.717) is 0 Å². The minimum absolute atomic E-state index is 0.0502. The second-order valence-corrected chi connectivity index (χ2v) is 13.0. The molecule has 0 fully saturated rings. The minimum Gasteiger partial charge on any atom is -0.308 e. The first-order valence-electron chi connectivity index (χ1n) is 40.3. The van der Waals surface area contributed by atoms with Gasteiger partial charge >= 0.3 is 0 Å². The van der Waals surface area contributed by atoms with Gasteiger partial charge in [-0.05, 0) is 103 Å². The normalized spacial score (nSPS) is 26.0. The number of para-hydroxylation sites is 1. The van der Waals surface area contributed by atoms with Crippen molar-refractivity contribution >= 4 is 44.9 Å². The lowest BCUT2D eigenvalue weighted by atomic mass is 9.73. The Labute approximate surface area is 418 Å². The number of hydrogen-bond donors (Lipinski definition) is 0. The molecule has 2 heteroatoms. The zero-order valence-corrected chi connectivity index (χ0v) is 29.9. The summed E-state index contributed by atoms with van der Waals surface area (Å²) in [6, 6.07) is -49.9. The zero-order valence-electron chi connectivity index (χ0n) is 75.9. The van der Waals surface area contributed by atoms with Gasteiger partial charge < -0.3 is 9.80 Å². The Balaban J connectivity index is 1.56. The molecule has 0 aromatic heterocycles. The van der Waals surface area contributed by atoms with Crippen LogP contribution in [0.4, 0.5) is 34.1 Å². The van der Waals surface area contributed by atoms with Gasteiger partial charge in [-0.2, -0.15) is 0 Å². The number of anilines is 6. The van der Waals surface area contributed by atoms with Crippen molar-refractivity contribution in [3.8, 4) is 33.4 Å². The average molecular weight is 817 g/mol. The summed E-state index contributed by atoms with van der Waals surface area (Å²) in [5.74, 6) is 0. The smallest absolute Gasteiger partial charge is 0.0781 e. The molecule has 2 nitrogen and oxygen atoms in total. The Bertz CT molecular complexity index is 5430. The van der Waals surface area contributed by atoms with Gasteiger partial charge in [-0.15, -0.1) is 0 Å². The van der Waals surface area contributed by atoms with Crippen LogP contribution in [0.15, 0.2) is 205 Å². The molecular weight excluding hydrogens is 725 g/mol. The first-order chi connectivity index (χ1) is 48.5. The average Bonchev–Trinajstić information content (AvgIpc) is 0.733. The van der Waals surface area contributed by atoms with Gasteiger partial charge in [-0.3, -0.25) is 0 Å². The predicted molar refractivity (Wildman–Crippen MR) is 254 cm³/mol. The molecule has 0 amide bonds. The summed E-state index contributed by atoms with van der Waals surface area (Å²) in [7, 11) is 0. The quantitative estimate of drug-likeness (QED) is 0.165. The largest absolute Gasteiger partial charge is 0.308 e. The molecule has 60 heavy (non-hydrogen) atoms. The van der Waals surface area contributed by atoms with Crippen molar-refractivity contribution in [3.63, 3.8) is 0 Å². The van der Waals surface area contributed by atoms with Gasteiger partial charge in [0.15, 0.2) is 0 Å². The van der Waals surface area contributed by atoms with E-state index in [2.05, 4.69) is 0 Å². The van der Waals surface area contributed by atoms with E-state index in [4.69, 9.17) is 19.2 Å². The fraction of sp³-hybridized carbons (Fsp3) is 0.103. The molecule has 1 aliphatic heterocycles. The van der Waals surface area contributed by atoms with Gasteiger partial charge in [0.25, 0.3) is 0 Å². The van der Waals surface area contributed by atoms with Gasteiger partial charge in [-0.1, -0.05) is 191 Å². The highest BCUT2D eigenvalue weighted by Gasteiger charge is 2.40. The van der Waals surface area contributed by atoms with Crippen molar-refractivity contribution in [2.75, 3.05) is 9.80 Å². The van der Waals surface area contributed by atoms with Gasteiger partial charge in [0.05, 0.1) is 69.4 Å². The van der Waals surface area contributed by atoms with E-state index in [0.717, 1.165) is 0 Å². The maximum Gasteiger partial charge on any atom is 0.0781 e. The van der Waals surface area contributed by atoms with Crippen LogP contribution in [0.5, 0.6) is 0 Å². The SMILES string of the molecule is [2H]c1c([2H])c([2H])c(-c2c([2H])c([2H])c(N(c3c([2H])c([2H])c4c(c3[2H])C(C([2H])([2H])[2H])(C([2H])([2H])[2H])c3c([2H])c([2H])c([2H])c([2H])c3-4)c3c([2H])c([2H])c4c([2H])c([2H])c([2H])c([2H])c4c3N3c4c([2H])c([2H])c([2H])c([2H])c4C(C([2H])([2H])[2H])(C([2H])([2H])[2H])c4c([2H])c([2H])c(-c5c([2H])c([2H])c([2H])c([2H])c5[2H])c([2H])c43)c([2H])c2[2H])c([2H])c1[2H]. The summed E-state index contributed by atoms with van der Waals surface area (Å²) in [6.45, 7) is -17.5. The van der Waals surface area contributed by atoms with Crippen molar-refractivity contribution in [3.05, 3.63) is 228 Å². The van der Waals surface area contributed by atoms with Crippen molar-refractivity contribution in [2.45, 2.75) is 38.2 Å². The second-order valence-electron chi connectivity index (χ2n) is 13.0. The van der Waals surface area contributed by atoms with Crippen LogP contribution in [0.3, 0.4) is 0 Å². The summed E-state index contributed by atoms with van der Waals surface area (Å²) >= 11 is 0. The van der Waals surface area contributed by atoms with Crippen LogP contribution < -0.4 is 9.80 Å². The lowest BCUT2D eigenvalue weighted by Gasteiger charge is -2.44. The Morgan fingerprint density at radius 3 is 1.75 bits per heavy atom. The standard InChI is InChI=1S/C58H46N2/c1-57(2)49-24-14-13-23-47(49)48-34-33-45(38-52(48)57)59(44-31-27-41(28-32-44)39-17-7-5-8-18-39)54-36-30-42-21-11-12-22-46(42)56(54)60-53-26-16-15-25-50(53)58(3,4)51-35-29-43(37-55(51)60)40-19-9-6-10-20-40/h5-38H,1-4H3/i1D3,2D3,3D3,4D3,5D,6D,7D,8D,9D,10D,11D,12D,13D,14D,15D,16D,17D,18D,19D,20D,21D,22D,23D,24D,25D,26D,27D,28D,29D,30D,31D,32D,33D,34D,35D,36D,37D,38D. The van der Waals surface area contributed by atoms with E-state index in [1.54, 1.807) is 0 Å². The third-order valence-electron chi connectivity index (χ3n) is 9.61. The molecule has 9 aromatic carbocycles. The maximum atomic E-state index is 10.5. The Morgan fingerprint density at radius 1 is 0.417 bits per heavy atom. The van der Waals surface area contributed by atoms with Crippen molar-refractivity contribution in [1.29, 1.82) is 0 Å². The van der Waals surface area contributed by atoms with Crippen LogP contribution in [-0.2, 0) is 10.8 Å². The zero-order chi connectivity index (χ0) is 80.2. The predicted octanol–water partition coefficient (Wildman–Crippen LogP) is 16.1. The van der Waals surface area contributed by atoms with Crippen molar-refractivity contribution in [1.82, 2.24) is 0 Å².